The predicted molar refractivity (Wildman–Crippen MR) is 181 cm³/mol. The smallest absolute Gasteiger partial charge is 0.231 e. The summed E-state index contributed by atoms with van der Waals surface area (Å²) in [5.41, 5.74) is 4.92. The van der Waals surface area contributed by atoms with Gasteiger partial charge < -0.3 is 4.74 Å². The molecule has 2 bridgehead atoms. The number of rotatable bonds is 8. The van der Waals surface area contributed by atoms with E-state index in [2.05, 4.69) is 41.2 Å². The molecule has 246 valence electrons. The van der Waals surface area contributed by atoms with Crippen LogP contribution < -0.4 is 9.64 Å². The SMILES string of the molecule is COc1ccc(C23CCC(CN(C(=O)C4CCCCC4)c4cc(-c5cnn(C6CCS(=O)(=O)CC6)c5)ccn4)(CC2)CC3)cc1C. The van der Waals surface area contributed by atoms with Crippen LogP contribution in [0.2, 0.25) is 0 Å². The van der Waals surface area contributed by atoms with Crippen molar-refractivity contribution < 1.29 is 17.9 Å². The minimum Gasteiger partial charge on any atom is -0.496 e. The second-order valence-electron chi connectivity index (χ2n) is 14.7. The number of anilines is 1. The summed E-state index contributed by atoms with van der Waals surface area (Å²) < 4.78 is 31.4. The standard InChI is InChI=1S/C37H48N4O4S/c1-27-22-31(8-9-33(27)45-2)37-16-13-36(14-17-37,15-18-37)26-40(35(42)28-6-4-3-5-7-28)34-23-29(10-19-38-34)30-24-39-41(25-30)32-11-20-46(43,44)21-12-32/h8-10,19,22-25,28,32H,3-7,11-18,20-21,26H2,1-2H3. The summed E-state index contributed by atoms with van der Waals surface area (Å²) >= 11 is 0. The Morgan fingerprint density at radius 3 is 2.35 bits per heavy atom. The van der Waals surface area contributed by atoms with Gasteiger partial charge in [-0.25, -0.2) is 13.4 Å². The average molecular weight is 645 g/mol. The number of ether oxygens (including phenoxy) is 1. The van der Waals surface area contributed by atoms with Gasteiger partial charge in [-0.1, -0.05) is 31.4 Å². The summed E-state index contributed by atoms with van der Waals surface area (Å²) in [5.74, 6) is 2.43. The molecular weight excluding hydrogens is 596 g/mol. The largest absolute Gasteiger partial charge is 0.496 e. The molecule has 5 aliphatic rings. The van der Waals surface area contributed by atoms with E-state index >= 15 is 0 Å². The number of pyridine rings is 1. The van der Waals surface area contributed by atoms with Gasteiger partial charge in [0.2, 0.25) is 5.91 Å². The highest BCUT2D eigenvalue weighted by molar-refractivity contribution is 7.91. The number of carbonyl (C=O) groups is 1. The van der Waals surface area contributed by atoms with Gasteiger partial charge in [-0.2, -0.15) is 5.10 Å². The fraction of sp³-hybridized carbons (Fsp3) is 0.595. The first-order chi connectivity index (χ1) is 22.2. The Hall–Kier alpha value is -3.20. The minimum absolute atomic E-state index is 0.0643. The highest BCUT2D eigenvalue weighted by Gasteiger charge is 2.50. The van der Waals surface area contributed by atoms with Crippen LogP contribution in [0, 0.1) is 18.3 Å². The van der Waals surface area contributed by atoms with Gasteiger partial charge in [0, 0.05) is 30.4 Å². The van der Waals surface area contributed by atoms with Crippen molar-refractivity contribution in [2.75, 3.05) is 30.1 Å². The van der Waals surface area contributed by atoms with E-state index < -0.39 is 9.84 Å². The number of aryl methyl sites for hydroxylation is 1. The number of nitrogens with zero attached hydrogens (tertiary/aromatic N) is 4. The average Bonchev–Trinajstić information content (AvgIpc) is 3.59. The number of sulfone groups is 1. The Morgan fingerprint density at radius 2 is 1.67 bits per heavy atom. The molecule has 2 aromatic heterocycles. The molecule has 1 aliphatic heterocycles. The van der Waals surface area contributed by atoms with Gasteiger partial charge in [0.15, 0.2) is 0 Å². The molecule has 1 aromatic carbocycles. The van der Waals surface area contributed by atoms with Crippen LogP contribution in [0.1, 0.15) is 101 Å². The summed E-state index contributed by atoms with van der Waals surface area (Å²) in [6.07, 6.45) is 19.1. The summed E-state index contributed by atoms with van der Waals surface area (Å²) in [7, 11) is -1.19. The van der Waals surface area contributed by atoms with E-state index in [1.165, 1.54) is 17.5 Å². The van der Waals surface area contributed by atoms with Crippen LogP contribution in [-0.2, 0) is 20.0 Å². The fourth-order valence-electron chi connectivity index (χ4n) is 8.89. The molecule has 1 saturated heterocycles. The van der Waals surface area contributed by atoms with Crippen molar-refractivity contribution in [1.82, 2.24) is 14.8 Å². The van der Waals surface area contributed by atoms with E-state index in [0.29, 0.717) is 12.8 Å². The lowest BCUT2D eigenvalue weighted by molar-refractivity contribution is -0.124. The first kappa shape index (κ1) is 31.4. The first-order valence-electron chi connectivity index (χ1n) is 17.4. The van der Waals surface area contributed by atoms with Crippen molar-refractivity contribution in [3.05, 3.63) is 60.0 Å². The number of benzene rings is 1. The molecule has 0 atom stereocenters. The van der Waals surface area contributed by atoms with E-state index in [9.17, 15) is 13.2 Å². The Bertz CT molecular complexity index is 1650. The lowest BCUT2D eigenvalue weighted by Gasteiger charge is -2.55. The first-order valence-corrected chi connectivity index (χ1v) is 19.2. The molecule has 0 spiro atoms. The van der Waals surface area contributed by atoms with Crippen molar-refractivity contribution in [3.8, 4) is 16.9 Å². The lowest BCUT2D eigenvalue weighted by atomic mass is 9.51. The van der Waals surface area contributed by atoms with Crippen LogP contribution in [0.5, 0.6) is 5.75 Å². The predicted octanol–water partition coefficient (Wildman–Crippen LogP) is 7.22. The number of aromatic nitrogens is 3. The molecule has 9 heteroatoms. The Balaban J connectivity index is 1.13. The monoisotopic (exact) mass is 644 g/mol. The molecule has 8 nitrogen and oxygen atoms in total. The Morgan fingerprint density at radius 1 is 0.957 bits per heavy atom. The third-order valence-electron chi connectivity index (χ3n) is 12.0. The lowest BCUT2D eigenvalue weighted by Crippen LogP contribution is -2.51. The topological polar surface area (TPSA) is 94.4 Å². The molecule has 0 unspecified atom stereocenters. The second-order valence-corrected chi connectivity index (χ2v) is 17.0. The Kier molecular flexibility index (Phi) is 8.49. The highest BCUT2D eigenvalue weighted by atomic mass is 32.2. The third-order valence-corrected chi connectivity index (χ3v) is 13.7. The molecule has 3 aromatic rings. The molecule has 8 rings (SSSR count). The van der Waals surface area contributed by atoms with E-state index in [1.54, 1.807) is 7.11 Å². The number of amides is 1. The van der Waals surface area contributed by atoms with Crippen molar-refractivity contribution in [2.45, 2.75) is 102 Å². The van der Waals surface area contributed by atoms with E-state index in [0.717, 1.165) is 93.4 Å². The maximum Gasteiger partial charge on any atom is 0.231 e. The number of carbonyl (C=O) groups excluding carboxylic acids is 1. The van der Waals surface area contributed by atoms with Crippen LogP contribution in [0.25, 0.3) is 11.1 Å². The fourth-order valence-corrected chi connectivity index (χ4v) is 10.4. The molecule has 5 fully saturated rings. The number of hydrogen-bond donors (Lipinski definition) is 0. The quantitative estimate of drug-likeness (QED) is 0.257. The zero-order chi connectivity index (χ0) is 31.9. The molecule has 0 radical (unpaired) electrons. The van der Waals surface area contributed by atoms with Gasteiger partial charge in [0.05, 0.1) is 30.9 Å². The van der Waals surface area contributed by atoms with Gasteiger partial charge in [-0.15, -0.1) is 0 Å². The zero-order valence-corrected chi connectivity index (χ0v) is 28.2. The van der Waals surface area contributed by atoms with Crippen molar-refractivity contribution >= 4 is 21.6 Å². The Labute approximate surface area is 273 Å². The van der Waals surface area contributed by atoms with Crippen LogP contribution in [-0.4, -0.2) is 54.2 Å². The van der Waals surface area contributed by atoms with Crippen molar-refractivity contribution in [1.29, 1.82) is 0 Å². The van der Waals surface area contributed by atoms with Crippen molar-refractivity contribution in [2.24, 2.45) is 11.3 Å². The summed E-state index contributed by atoms with van der Waals surface area (Å²) in [5, 5.41) is 4.63. The van der Waals surface area contributed by atoms with Crippen LogP contribution in [0.3, 0.4) is 0 Å². The van der Waals surface area contributed by atoms with Gasteiger partial charge in [-0.3, -0.25) is 14.4 Å². The summed E-state index contributed by atoms with van der Waals surface area (Å²) in [4.78, 5) is 21.2. The van der Waals surface area contributed by atoms with E-state index in [1.807, 2.05) is 29.3 Å². The normalized spacial score (nSPS) is 26.6. The maximum absolute atomic E-state index is 14.3. The minimum atomic E-state index is -2.93. The van der Waals surface area contributed by atoms with Crippen LogP contribution in [0.15, 0.2) is 48.9 Å². The van der Waals surface area contributed by atoms with Crippen molar-refractivity contribution in [3.63, 3.8) is 0 Å². The molecular formula is C37H48N4O4S. The van der Waals surface area contributed by atoms with Gasteiger partial charge in [0.1, 0.15) is 21.4 Å². The van der Waals surface area contributed by atoms with Gasteiger partial charge in [-0.05, 0) is 117 Å². The van der Waals surface area contributed by atoms with E-state index in [-0.39, 0.29) is 40.2 Å². The van der Waals surface area contributed by atoms with Crippen LogP contribution in [0.4, 0.5) is 5.82 Å². The molecule has 4 saturated carbocycles. The molecule has 46 heavy (non-hydrogen) atoms. The molecule has 1 amide bonds. The second kappa shape index (κ2) is 12.4. The molecule has 4 aliphatic carbocycles. The summed E-state index contributed by atoms with van der Waals surface area (Å²) in [6, 6.07) is 10.9. The van der Waals surface area contributed by atoms with E-state index in [4.69, 9.17) is 9.72 Å². The van der Waals surface area contributed by atoms with Gasteiger partial charge >= 0.3 is 0 Å². The van der Waals surface area contributed by atoms with Gasteiger partial charge in [0.25, 0.3) is 0 Å². The number of methoxy groups -OCH3 is 1. The zero-order valence-electron chi connectivity index (χ0n) is 27.4. The number of fused-ring (bicyclic) bond motifs is 3. The number of hydrogen-bond acceptors (Lipinski definition) is 6. The highest BCUT2D eigenvalue weighted by Crippen LogP contribution is 2.58. The molecule has 0 N–H and O–H groups in total. The van der Waals surface area contributed by atoms with Crippen LogP contribution >= 0.6 is 0 Å². The third kappa shape index (κ3) is 6.12. The molecule has 3 heterocycles. The summed E-state index contributed by atoms with van der Waals surface area (Å²) in [6.45, 7) is 2.87. The maximum atomic E-state index is 14.3.